The number of nitrogens with two attached hydrogens (primary N) is 1. The van der Waals surface area contributed by atoms with Crippen LogP contribution in [-0.2, 0) is 0 Å². The van der Waals surface area contributed by atoms with E-state index in [0.717, 1.165) is 10.4 Å². The molecule has 2 aromatic heterocycles. The zero-order valence-corrected chi connectivity index (χ0v) is 12.0. The van der Waals surface area contributed by atoms with Crippen LogP contribution in [0.4, 0.5) is 15.6 Å². The van der Waals surface area contributed by atoms with Gasteiger partial charge in [0.05, 0.1) is 11.9 Å². The number of thiazole rings is 1. The van der Waals surface area contributed by atoms with Gasteiger partial charge in [-0.25, -0.2) is 19.7 Å². The van der Waals surface area contributed by atoms with E-state index in [1.54, 1.807) is 24.5 Å². The lowest BCUT2D eigenvalue weighted by atomic mass is 10.1. The van der Waals surface area contributed by atoms with Gasteiger partial charge in [-0.2, -0.15) is 0 Å². The standard InChI is InChI=1S/C14H12N4O2S/c1-9-6-17-14(21-9)18(13(15)19)11-4-2-10(3-5-11)12-7-16-8-20-12/h2-8H,1H3,(H2,15,19). The highest BCUT2D eigenvalue weighted by atomic mass is 32.1. The van der Waals surface area contributed by atoms with Crippen molar-refractivity contribution in [3.05, 3.63) is 47.9 Å². The quantitative estimate of drug-likeness (QED) is 0.804. The average molecular weight is 300 g/mol. The number of anilines is 2. The lowest BCUT2D eigenvalue weighted by Crippen LogP contribution is -2.31. The van der Waals surface area contributed by atoms with Gasteiger partial charge in [0, 0.05) is 16.6 Å². The number of urea groups is 1. The zero-order valence-electron chi connectivity index (χ0n) is 11.2. The van der Waals surface area contributed by atoms with Crippen LogP contribution in [0.5, 0.6) is 0 Å². The molecule has 2 amide bonds. The third-order valence-corrected chi connectivity index (χ3v) is 3.76. The lowest BCUT2D eigenvalue weighted by Gasteiger charge is -2.17. The summed E-state index contributed by atoms with van der Waals surface area (Å²) in [5.41, 5.74) is 6.99. The number of aromatic nitrogens is 2. The molecule has 0 saturated carbocycles. The summed E-state index contributed by atoms with van der Waals surface area (Å²) >= 11 is 1.41. The summed E-state index contributed by atoms with van der Waals surface area (Å²) in [5, 5.41) is 0.549. The van der Waals surface area contributed by atoms with Crippen LogP contribution in [0.2, 0.25) is 0 Å². The molecule has 0 spiro atoms. The van der Waals surface area contributed by atoms with Crippen LogP contribution >= 0.6 is 11.3 Å². The van der Waals surface area contributed by atoms with Crippen LogP contribution in [0.1, 0.15) is 4.88 Å². The number of oxazole rings is 1. The molecule has 0 aliphatic rings. The van der Waals surface area contributed by atoms with E-state index in [1.165, 1.54) is 22.6 Å². The predicted molar refractivity (Wildman–Crippen MR) is 80.5 cm³/mol. The van der Waals surface area contributed by atoms with E-state index in [-0.39, 0.29) is 0 Å². The van der Waals surface area contributed by atoms with Crippen molar-refractivity contribution in [1.82, 2.24) is 9.97 Å². The highest BCUT2D eigenvalue weighted by Gasteiger charge is 2.18. The van der Waals surface area contributed by atoms with E-state index >= 15 is 0 Å². The molecule has 0 atom stereocenters. The minimum absolute atomic E-state index is 0.549. The predicted octanol–water partition coefficient (Wildman–Crippen LogP) is 3.32. The molecule has 1 aromatic carbocycles. The van der Waals surface area contributed by atoms with Gasteiger partial charge in [0.1, 0.15) is 0 Å². The van der Waals surface area contributed by atoms with Gasteiger partial charge in [-0.3, -0.25) is 0 Å². The molecule has 2 N–H and O–H groups in total. The molecule has 0 aliphatic heterocycles. The van der Waals surface area contributed by atoms with Crippen LogP contribution in [0.3, 0.4) is 0 Å². The maximum Gasteiger partial charge on any atom is 0.325 e. The molecule has 106 valence electrons. The number of hydrogen-bond donors (Lipinski definition) is 1. The van der Waals surface area contributed by atoms with Gasteiger partial charge in [-0.1, -0.05) is 0 Å². The van der Waals surface area contributed by atoms with E-state index in [4.69, 9.17) is 10.2 Å². The summed E-state index contributed by atoms with van der Waals surface area (Å²) in [5.74, 6) is 0.664. The van der Waals surface area contributed by atoms with E-state index in [0.29, 0.717) is 16.6 Å². The van der Waals surface area contributed by atoms with E-state index < -0.39 is 6.03 Å². The summed E-state index contributed by atoms with van der Waals surface area (Å²) in [4.78, 5) is 22.2. The second-order valence-corrected chi connectivity index (χ2v) is 5.55. The first-order valence-corrected chi connectivity index (χ1v) is 6.98. The largest absolute Gasteiger partial charge is 0.444 e. The summed E-state index contributed by atoms with van der Waals surface area (Å²) in [6.07, 6.45) is 4.71. The minimum Gasteiger partial charge on any atom is -0.444 e. The van der Waals surface area contributed by atoms with E-state index in [1.807, 2.05) is 19.1 Å². The molecular formula is C14H12N4O2S. The van der Waals surface area contributed by atoms with Gasteiger partial charge in [0.2, 0.25) is 0 Å². The van der Waals surface area contributed by atoms with Crippen molar-refractivity contribution in [2.45, 2.75) is 6.92 Å². The highest BCUT2D eigenvalue weighted by Crippen LogP contribution is 2.30. The number of amides is 2. The highest BCUT2D eigenvalue weighted by molar-refractivity contribution is 7.15. The molecule has 7 heteroatoms. The van der Waals surface area contributed by atoms with Gasteiger partial charge in [0.25, 0.3) is 0 Å². The maximum absolute atomic E-state index is 11.7. The van der Waals surface area contributed by atoms with Crippen molar-refractivity contribution in [1.29, 1.82) is 0 Å². The molecule has 0 unspecified atom stereocenters. The van der Waals surface area contributed by atoms with E-state index in [9.17, 15) is 4.79 Å². The number of primary amides is 1. The van der Waals surface area contributed by atoms with Gasteiger partial charge < -0.3 is 10.2 Å². The maximum atomic E-state index is 11.7. The summed E-state index contributed by atoms with van der Waals surface area (Å²) in [6.45, 7) is 1.92. The van der Waals surface area contributed by atoms with Crippen molar-refractivity contribution in [3.8, 4) is 11.3 Å². The lowest BCUT2D eigenvalue weighted by molar-refractivity contribution is 0.256. The smallest absolute Gasteiger partial charge is 0.325 e. The molecule has 2 heterocycles. The molecule has 0 radical (unpaired) electrons. The third-order valence-electron chi connectivity index (χ3n) is 2.86. The normalized spacial score (nSPS) is 10.5. The Bertz CT molecular complexity index is 750. The van der Waals surface area contributed by atoms with Crippen LogP contribution in [0.25, 0.3) is 11.3 Å². The Hall–Kier alpha value is -2.67. The minimum atomic E-state index is -0.572. The van der Waals surface area contributed by atoms with Crippen LogP contribution in [0, 0.1) is 6.92 Å². The Labute approximate surface area is 124 Å². The topological polar surface area (TPSA) is 85.3 Å². The second-order valence-electron chi connectivity index (χ2n) is 4.34. The molecule has 3 rings (SSSR count). The molecule has 0 saturated heterocycles. The average Bonchev–Trinajstić information content (AvgIpc) is 3.11. The number of carbonyl (C=O) groups is 1. The van der Waals surface area contributed by atoms with Gasteiger partial charge in [-0.15, -0.1) is 11.3 Å². The van der Waals surface area contributed by atoms with Gasteiger partial charge in [-0.05, 0) is 31.2 Å². The molecule has 0 fully saturated rings. The van der Waals surface area contributed by atoms with Crippen LogP contribution in [0.15, 0.2) is 47.5 Å². The molecule has 21 heavy (non-hydrogen) atoms. The molecule has 0 bridgehead atoms. The summed E-state index contributed by atoms with van der Waals surface area (Å²) in [7, 11) is 0. The van der Waals surface area contributed by atoms with E-state index in [2.05, 4.69) is 9.97 Å². The fourth-order valence-electron chi connectivity index (χ4n) is 1.91. The van der Waals surface area contributed by atoms with Crippen molar-refractivity contribution in [2.75, 3.05) is 4.90 Å². The second kappa shape index (κ2) is 5.37. The molecule has 6 nitrogen and oxygen atoms in total. The zero-order chi connectivity index (χ0) is 14.8. The fraction of sp³-hybridized carbons (Fsp3) is 0.0714. The number of benzene rings is 1. The number of nitrogens with zero attached hydrogens (tertiary/aromatic N) is 3. The molecular weight excluding hydrogens is 288 g/mol. The van der Waals surface area contributed by atoms with Crippen LogP contribution in [-0.4, -0.2) is 16.0 Å². The number of rotatable bonds is 3. The Morgan fingerprint density at radius 2 is 2.05 bits per heavy atom. The molecule has 3 aromatic rings. The molecule has 0 aliphatic carbocycles. The number of hydrogen-bond acceptors (Lipinski definition) is 5. The summed E-state index contributed by atoms with van der Waals surface area (Å²) < 4.78 is 5.23. The first-order chi connectivity index (χ1) is 10.1. The number of aryl methyl sites for hydroxylation is 1. The first-order valence-electron chi connectivity index (χ1n) is 6.16. The van der Waals surface area contributed by atoms with Crippen molar-refractivity contribution < 1.29 is 9.21 Å². The summed E-state index contributed by atoms with van der Waals surface area (Å²) in [6, 6.07) is 6.69. The van der Waals surface area contributed by atoms with Crippen molar-refractivity contribution >= 4 is 28.2 Å². The SMILES string of the molecule is Cc1cnc(N(C(N)=O)c2ccc(-c3cnco3)cc2)s1. The van der Waals surface area contributed by atoms with Crippen molar-refractivity contribution in [3.63, 3.8) is 0 Å². The Morgan fingerprint density at radius 3 is 2.57 bits per heavy atom. The Balaban J connectivity index is 1.95. The monoisotopic (exact) mass is 300 g/mol. The fourth-order valence-corrected chi connectivity index (χ4v) is 2.70. The third kappa shape index (κ3) is 2.63. The van der Waals surface area contributed by atoms with Gasteiger partial charge in [0.15, 0.2) is 17.3 Å². The Morgan fingerprint density at radius 1 is 1.29 bits per heavy atom. The van der Waals surface area contributed by atoms with Crippen LogP contribution < -0.4 is 10.6 Å². The Kier molecular flexibility index (Phi) is 3.41. The van der Waals surface area contributed by atoms with Gasteiger partial charge >= 0.3 is 6.03 Å². The number of carbonyl (C=O) groups excluding carboxylic acids is 1. The first kappa shape index (κ1) is 13.3. The van der Waals surface area contributed by atoms with Crippen molar-refractivity contribution in [2.24, 2.45) is 5.73 Å².